The molecule has 1 saturated carbocycles. The summed E-state index contributed by atoms with van der Waals surface area (Å²) in [6.07, 6.45) is 5.18. The largest absolute Gasteiger partial charge is 0.450 e. The van der Waals surface area contributed by atoms with E-state index in [4.69, 9.17) is 14.5 Å². The number of imidazole rings is 1. The Morgan fingerprint density at radius 1 is 0.956 bits per heavy atom. The van der Waals surface area contributed by atoms with Gasteiger partial charge in [0.15, 0.2) is 5.69 Å². The number of amides is 3. The van der Waals surface area contributed by atoms with Crippen molar-refractivity contribution in [2.45, 2.75) is 83.5 Å². The molecule has 0 unspecified atom stereocenters. The van der Waals surface area contributed by atoms with Crippen molar-refractivity contribution >= 4 is 18.1 Å². The van der Waals surface area contributed by atoms with Gasteiger partial charge in [-0.1, -0.05) is 73.5 Å². The van der Waals surface area contributed by atoms with Gasteiger partial charge in [0.05, 0.1) is 36.8 Å². The van der Waals surface area contributed by atoms with E-state index < -0.39 is 11.7 Å². The third kappa shape index (κ3) is 7.85. The zero-order valence-corrected chi connectivity index (χ0v) is 26.8. The molecule has 0 spiro atoms. The fraction of sp³-hybridized carbons (Fsp3) is 0.486. The van der Waals surface area contributed by atoms with Crippen molar-refractivity contribution in [3.8, 4) is 11.3 Å². The summed E-state index contributed by atoms with van der Waals surface area (Å²) in [6.45, 7) is 8.72. The van der Waals surface area contributed by atoms with Crippen LogP contribution in [0.3, 0.4) is 0 Å². The molecule has 3 amide bonds. The number of carbonyl (C=O) groups is 3. The molecular weight excluding hydrogens is 570 g/mol. The number of carbonyl (C=O) groups excluding carboxylic acids is 3. The monoisotopic (exact) mass is 615 g/mol. The molecule has 1 aliphatic carbocycles. The second-order valence-electron chi connectivity index (χ2n) is 12.8. The molecule has 2 aliphatic rings. The molecule has 45 heavy (non-hydrogen) atoms. The number of hydrogen-bond donors (Lipinski definition) is 1. The van der Waals surface area contributed by atoms with Crippen LogP contribution in [-0.2, 0) is 15.9 Å². The van der Waals surface area contributed by atoms with E-state index in [0.717, 1.165) is 42.5 Å². The van der Waals surface area contributed by atoms with Crippen molar-refractivity contribution in [2.24, 2.45) is 0 Å². The van der Waals surface area contributed by atoms with Gasteiger partial charge in [-0.3, -0.25) is 4.79 Å². The van der Waals surface area contributed by atoms with E-state index in [1.165, 1.54) is 0 Å². The van der Waals surface area contributed by atoms with Crippen LogP contribution in [0.2, 0.25) is 0 Å². The highest BCUT2D eigenvalue weighted by Crippen LogP contribution is 2.35. The second kappa shape index (κ2) is 14.2. The molecule has 1 aromatic heterocycles. The molecule has 1 saturated heterocycles. The Balaban J connectivity index is 1.49. The molecule has 2 fully saturated rings. The van der Waals surface area contributed by atoms with Crippen LogP contribution in [0.15, 0.2) is 67.0 Å². The van der Waals surface area contributed by atoms with Crippen LogP contribution in [0.1, 0.15) is 75.5 Å². The Hall–Kier alpha value is -4.34. The molecule has 5 rings (SSSR count). The molecule has 0 radical (unpaired) electrons. The van der Waals surface area contributed by atoms with Crippen LogP contribution in [0.4, 0.5) is 9.59 Å². The lowest BCUT2D eigenvalue weighted by Crippen LogP contribution is -2.58. The molecular formula is C35H45N5O5. The predicted octanol–water partition coefficient (Wildman–Crippen LogP) is 6.08. The topological polar surface area (TPSA) is 106 Å². The van der Waals surface area contributed by atoms with Crippen LogP contribution in [-0.4, -0.2) is 81.4 Å². The highest BCUT2D eigenvalue weighted by molar-refractivity contribution is 5.98. The van der Waals surface area contributed by atoms with Gasteiger partial charge in [0.2, 0.25) is 0 Å². The number of aromatic nitrogens is 2. The fourth-order valence-corrected chi connectivity index (χ4v) is 6.40. The van der Waals surface area contributed by atoms with Crippen LogP contribution in [0.25, 0.3) is 11.3 Å². The van der Waals surface area contributed by atoms with Crippen LogP contribution in [0, 0.1) is 0 Å². The van der Waals surface area contributed by atoms with Crippen LogP contribution < -0.4 is 5.32 Å². The summed E-state index contributed by atoms with van der Waals surface area (Å²) < 4.78 is 13.0. The number of nitrogens with zero attached hydrogens (tertiary/aromatic N) is 4. The standard InChI is InChI=1S/C35H45N5O5/c1-5-44-33(42)37-28-18-12-13-19-29(28)40-24-36-30(31(40)26-16-10-7-11-17-26)32(41)39-21-20-38(34(43)45-35(2,3)4)23-27(39)22-25-14-8-6-9-15-25/h6-11,14-17,24,27-29H,5,12-13,18-23H2,1-4H3,(H,37,42)/t27-,28+,29+/m1/s1. The quantitative estimate of drug-likeness (QED) is 0.345. The van der Waals surface area contributed by atoms with Gasteiger partial charge in [0, 0.05) is 25.2 Å². The van der Waals surface area contributed by atoms with Crippen molar-refractivity contribution in [3.05, 3.63) is 78.2 Å². The minimum atomic E-state index is -0.616. The van der Waals surface area contributed by atoms with Gasteiger partial charge < -0.3 is 29.2 Å². The lowest BCUT2D eigenvalue weighted by atomic mass is 9.89. The summed E-state index contributed by atoms with van der Waals surface area (Å²) in [4.78, 5) is 48.4. The van der Waals surface area contributed by atoms with Gasteiger partial charge in [-0.05, 0) is 52.5 Å². The van der Waals surface area contributed by atoms with Crippen molar-refractivity contribution in [1.29, 1.82) is 0 Å². The lowest BCUT2D eigenvalue weighted by molar-refractivity contribution is 0.00429. The van der Waals surface area contributed by atoms with Crippen LogP contribution in [0.5, 0.6) is 0 Å². The minimum Gasteiger partial charge on any atom is -0.450 e. The maximum absolute atomic E-state index is 14.6. The zero-order valence-electron chi connectivity index (χ0n) is 26.8. The molecule has 1 aliphatic heterocycles. The van der Waals surface area contributed by atoms with E-state index in [0.29, 0.717) is 38.4 Å². The molecule has 3 atom stereocenters. The molecule has 2 aromatic carbocycles. The smallest absolute Gasteiger partial charge is 0.410 e. The number of benzene rings is 2. The summed E-state index contributed by atoms with van der Waals surface area (Å²) in [5, 5.41) is 3.06. The van der Waals surface area contributed by atoms with Gasteiger partial charge in [-0.2, -0.15) is 0 Å². The van der Waals surface area contributed by atoms with E-state index in [2.05, 4.69) is 9.88 Å². The van der Waals surface area contributed by atoms with Gasteiger partial charge in [-0.15, -0.1) is 0 Å². The van der Waals surface area contributed by atoms with Gasteiger partial charge in [0.1, 0.15) is 5.60 Å². The third-order valence-corrected chi connectivity index (χ3v) is 8.42. The maximum Gasteiger partial charge on any atom is 0.410 e. The summed E-state index contributed by atoms with van der Waals surface area (Å²) in [6, 6.07) is 19.3. The minimum absolute atomic E-state index is 0.0865. The molecule has 240 valence electrons. The first-order valence-corrected chi connectivity index (χ1v) is 16.0. The third-order valence-electron chi connectivity index (χ3n) is 8.42. The second-order valence-corrected chi connectivity index (χ2v) is 12.8. The first-order chi connectivity index (χ1) is 21.6. The molecule has 2 heterocycles. The van der Waals surface area contributed by atoms with E-state index >= 15 is 0 Å². The number of alkyl carbamates (subject to hydrolysis) is 1. The van der Waals surface area contributed by atoms with Crippen LogP contribution >= 0.6 is 0 Å². The molecule has 10 nitrogen and oxygen atoms in total. The first kappa shape index (κ1) is 32.1. The van der Waals surface area contributed by atoms with Gasteiger partial charge in [0.25, 0.3) is 5.91 Å². The summed E-state index contributed by atoms with van der Waals surface area (Å²) in [5.74, 6) is -0.178. The van der Waals surface area contributed by atoms with E-state index in [9.17, 15) is 14.4 Å². The Labute approximate surface area is 265 Å². The number of nitrogens with one attached hydrogen (secondary N) is 1. The molecule has 0 bridgehead atoms. The highest BCUT2D eigenvalue weighted by Gasteiger charge is 2.38. The maximum atomic E-state index is 14.6. The van der Waals surface area contributed by atoms with Crippen molar-refractivity contribution in [2.75, 3.05) is 26.2 Å². The Morgan fingerprint density at radius 2 is 1.64 bits per heavy atom. The lowest BCUT2D eigenvalue weighted by Gasteiger charge is -2.41. The van der Waals surface area contributed by atoms with Crippen molar-refractivity contribution < 1.29 is 23.9 Å². The Bertz CT molecular complexity index is 1450. The Morgan fingerprint density at radius 3 is 2.33 bits per heavy atom. The van der Waals surface area contributed by atoms with Gasteiger partial charge in [-0.25, -0.2) is 14.6 Å². The summed E-state index contributed by atoms with van der Waals surface area (Å²) in [5.41, 5.74) is 2.44. The average molecular weight is 616 g/mol. The SMILES string of the molecule is CCOC(=O)N[C@H]1CCCC[C@@H]1n1cnc(C(=O)N2CCN(C(=O)OC(C)(C)C)C[C@H]2Cc2ccccc2)c1-c1ccccc1. The number of ether oxygens (including phenoxy) is 2. The summed E-state index contributed by atoms with van der Waals surface area (Å²) in [7, 11) is 0. The molecule has 1 N–H and O–H groups in total. The van der Waals surface area contributed by atoms with Crippen molar-refractivity contribution in [1.82, 2.24) is 24.7 Å². The molecule has 10 heteroatoms. The van der Waals surface area contributed by atoms with Gasteiger partial charge >= 0.3 is 12.2 Å². The summed E-state index contributed by atoms with van der Waals surface area (Å²) >= 11 is 0. The van der Waals surface area contributed by atoms with E-state index in [-0.39, 0.29) is 30.1 Å². The zero-order chi connectivity index (χ0) is 32.0. The highest BCUT2D eigenvalue weighted by atomic mass is 16.6. The van der Waals surface area contributed by atoms with E-state index in [1.54, 1.807) is 18.2 Å². The molecule has 3 aromatic rings. The average Bonchev–Trinajstić information content (AvgIpc) is 3.46. The van der Waals surface area contributed by atoms with E-state index in [1.807, 2.05) is 86.3 Å². The normalized spacial score (nSPS) is 20.4. The predicted molar refractivity (Wildman–Crippen MR) is 172 cm³/mol. The first-order valence-electron chi connectivity index (χ1n) is 16.0. The Kier molecular flexibility index (Phi) is 10.1. The number of rotatable bonds is 7. The number of hydrogen-bond acceptors (Lipinski definition) is 6. The van der Waals surface area contributed by atoms with Crippen molar-refractivity contribution in [3.63, 3.8) is 0 Å². The fourth-order valence-electron chi connectivity index (χ4n) is 6.40. The number of piperazine rings is 1.